The Bertz CT molecular complexity index is 270. The monoisotopic (exact) mass is 196 g/mol. The third-order valence-corrected chi connectivity index (χ3v) is 2.62. The molecule has 0 amide bonds. The molecule has 0 aliphatic rings. The van der Waals surface area contributed by atoms with Gasteiger partial charge in [0.05, 0.1) is 12.2 Å². The van der Waals surface area contributed by atoms with Gasteiger partial charge in [-0.2, -0.15) is 0 Å². The van der Waals surface area contributed by atoms with Crippen molar-refractivity contribution in [2.75, 3.05) is 7.05 Å². The van der Waals surface area contributed by atoms with E-state index in [0.29, 0.717) is 5.92 Å². The summed E-state index contributed by atoms with van der Waals surface area (Å²) in [5.74, 6) is 2.45. The van der Waals surface area contributed by atoms with Gasteiger partial charge >= 0.3 is 0 Å². The predicted molar refractivity (Wildman–Crippen MR) is 57.1 cm³/mol. The molecule has 0 saturated carbocycles. The quantitative estimate of drug-likeness (QED) is 0.786. The summed E-state index contributed by atoms with van der Waals surface area (Å²) < 4.78 is 5.64. The van der Waals surface area contributed by atoms with Crippen molar-refractivity contribution in [1.82, 2.24) is 10.3 Å². The van der Waals surface area contributed by atoms with E-state index in [-0.39, 0.29) is 6.04 Å². The second kappa shape index (κ2) is 5.15. The number of aromatic nitrogens is 1. The molecule has 0 fully saturated rings. The molecule has 0 radical (unpaired) electrons. The van der Waals surface area contributed by atoms with Gasteiger partial charge in [0.15, 0.2) is 0 Å². The topological polar surface area (TPSA) is 38.1 Å². The van der Waals surface area contributed by atoms with E-state index in [1.54, 1.807) is 0 Å². The van der Waals surface area contributed by atoms with Gasteiger partial charge in [-0.05, 0) is 19.9 Å². The Morgan fingerprint density at radius 1 is 1.50 bits per heavy atom. The van der Waals surface area contributed by atoms with Crippen LogP contribution in [0.25, 0.3) is 0 Å². The molecular formula is C11H20N2O. The van der Waals surface area contributed by atoms with E-state index in [1.807, 2.05) is 20.2 Å². The summed E-state index contributed by atoms with van der Waals surface area (Å²) in [5, 5.41) is 3.11. The zero-order valence-electron chi connectivity index (χ0n) is 9.50. The maximum atomic E-state index is 5.64. The number of oxazole rings is 1. The van der Waals surface area contributed by atoms with Gasteiger partial charge in [-0.3, -0.25) is 0 Å². The molecular weight excluding hydrogens is 176 g/mol. The fourth-order valence-electron chi connectivity index (χ4n) is 1.23. The van der Waals surface area contributed by atoms with Crippen LogP contribution in [0.2, 0.25) is 0 Å². The minimum atomic E-state index is 0.195. The zero-order valence-corrected chi connectivity index (χ0v) is 9.50. The molecule has 0 bridgehead atoms. The Hall–Kier alpha value is -0.830. The molecule has 0 saturated heterocycles. The lowest BCUT2D eigenvalue weighted by molar-refractivity contribution is 0.387. The van der Waals surface area contributed by atoms with E-state index in [9.17, 15) is 0 Å². The van der Waals surface area contributed by atoms with E-state index in [4.69, 9.17) is 4.42 Å². The molecule has 0 spiro atoms. The van der Waals surface area contributed by atoms with Gasteiger partial charge < -0.3 is 9.73 Å². The number of nitrogens with zero attached hydrogens (tertiary/aromatic N) is 1. The van der Waals surface area contributed by atoms with Crippen molar-refractivity contribution in [2.45, 2.75) is 39.7 Å². The van der Waals surface area contributed by atoms with Crippen LogP contribution >= 0.6 is 0 Å². The summed E-state index contributed by atoms with van der Waals surface area (Å²) >= 11 is 0. The highest BCUT2D eigenvalue weighted by Gasteiger charge is 2.11. The number of hydrogen-bond donors (Lipinski definition) is 1. The average molecular weight is 196 g/mol. The molecule has 3 nitrogen and oxygen atoms in total. The number of hydrogen-bond acceptors (Lipinski definition) is 3. The van der Waals surface area contributed by atoms with E-state index < -0.39 is 0 Å². The first-order valence-electron chi connectivity index (χ1n) is 5.29. The first-order chi connectivity index (χ1) is 6.67. The molecule has 2 unspecified atom stereocenters. The summed E-state index contributed by atoms with van der Waals surface area (Å²) in [6, 6.07) is 0.195. The van der Waals surface area contributed by atoms with Gasteiger partial charge in [0, 0.05) is 6.42 Å². The molecule has 1 aromatic heterocycles. The minimum absolute atomic E-state index is 0.195. The minimum Gasteiger partial charge on any atom is -0.444 e. The summed E-state index contributed by atoms with van der Waals surface area (Å²) in [6.07, 6.45) is 4.01. The highest BCUT2D eigenvalue weighted by Crippen LogP contribution is 2.16. The second-order valence-corrected chi connectivity index (χ2v) is 3.89. The lowest BCUT2D eigenvalue weighted by Gasteiger charge is -2.05. The Labute approximate surface area is 85.9 Å². The molecule has 0 aromatic carbocycles. The smallest absolute Gasteiger partial charge is 0.211 e. The molecule has 1 heterocycles. The van der Waals surface area contributed by atoms with Gasteiger partial charge in [-0.1, -0.05) is 20.3 Å². The van der Waals surface area contributed by atoms with Crippen LogP contribution in [0.5, 0.6) is 0 Å². The Morgan fingerprint density at radius 2 is 2.21 bits per heavy atom. The van der Waals surface area contributed by atoms with Crippen molar-refractivity contribution in [3.05, 3.63) is 17.8 Å². The van der Waals surface area contributed by atoms with E-state index in [2.05, 4.69) is 24.1 Å². The Morgan fingerprint density at radius 3 is 2.79 bits per heavy atom. The van der Waals surface area contributed by atoms with Gasteiger partial charge in [0.1, 0.15) is 5.76 Å². The van der Waals surface area contributed by atoms with Crippen LogP contribution in [0.4, 0.5) is 0 Å². The van der Waals surface area contributed by atoms with Gasteiger partial charge in [-0.25, -0.2) is 4.98 Å². The van der Waals surface area contributed by atoms with Crippen molar-refractivity contribution in [3.8, 4) is 0 Å². The molecule has 14 heavy (non-hydrogen) atoms. The first-order valence-corrected chi connectivity index (χ1v) is 5.29. The summed E-state index contributed by atoms with van der Waals surface area (Å²) in [4.78, 5) is 4.25. The van der Waals surface area contributed by atoms with Crippen molar-refractivity contribution in [3.63, 3.8) is 0 Å². The van der Waals surface area contributed by atoms with Gasteiger partial charge in [0.25, 0.3) is 0 Å². The van der Waals surface area contributed by atoms with Crippen LogP contribution in [-0.4, -0.2) is 12.0 Å². The highest BCUT2D eigenvalue weighted by molar-refractivity contribution is 4.98. The molecule has 0 aliphatic carbocycles. The molecule has 1 aromatic rings. The van der Waals surface area contributed by atoms with Crippen LogP contribution < -0.4 is 5.32 Å². The van der Waals surface area contributed by atoms with Crippen LogP contribution in [0.1, 0.15) is 44.9 Å². The lowest BCUT2D eigenvalue weighted by Crippen LogP contribution is -2.12. The largest absolute Gasteiger partial charge is 0.444 e. The standard InChI is InChI=1S/C11H20N2O/c1-5-8(2)6-10-7-13-11(14-10)9(3)12-4/h7-9,12H,5-6H2,1-4H3. The van der Waals surface area contributed by atoms with Crippen molar-refractivity contribution >= 4 is 0 Å². The maximum Gasteiger partial charge on any atom is 0.211 e. The maximum absolute atomic E-state index is 5.64. The Kier molecular flexibility index (Phi) is 4.14. The normalized spacial score (nSPS) is 15.4. The van der Waals surface area contributed by atoms with Crippen molar-refractivity contribution < 1.29 is 4.42 Å². The molecule has 80 valence electrons. The van der Waals surface area contributed by atoms with Gasteiger partial charge in [-0.15, -0.1) is 0 Å². The first kappa shape index (κ1) is 11.2. The number of nitrogens with one attached hydrogen (secondary N) is 1. The van der Waals surface area contributed by atoms with E-state index >= 15 is 0 Å². The zero-order chi connectivity index (χ0) is 10.6. The van der Waals surface area contributed by atoms with Crippen molar-refractivity contribution in [1.29, 1.82) is 0 Å². The van der Waals surface area contributed by atoms with Crippen LogP contribution in [-0.2, 0) is 6.42 Å². The molecule has 0 aliphatic heterocycles. The molecule has 1 N–H and O–H groups in total. The third kappa shape index (κ3) is 2.84. The molecule has 2 atom stereocenters. The summed E-state index contributed by atoms with van der Waals surface area (Å²) in [6.45, 7) is 6.46. The van der Waals surface area contributed by atoms with Crippen LogP contribution in [0.15, 0.2) is 10.6 Å². The SMILES string of the molecule is CCC(C)Cc1cnc(C(C)NC)o1. The second-order valence-electron chi connectivity index (χ2n) is 3.89. The summed E-state index contributed by atoms with van der Waals surface area (Å²) in [5.41, 5.74) is 0. The van der Waals surface area contributed by atoms with Gasteiger partial charge in [0.2, 0.25) is 5.89 Å². The van der Waals surface area contributed by atoms with E-state index in [1.165, 1.54) is 6.42 Å². The third-order valence-electron chi connectivity index (χ3n) is 2.62. The van der Waals surface area contributed by atoms with Crippen molar-refractivity contribution in [2.24, 2.45) is 5.92 Å². The van der Waals surface area contributed by atoms with E-state index in [0.717, 1.165) is 18.1 Å². The fourth-order valence-corrected chi connectivity index (χ4v) is 1.23. The number of rotatable bonds is 5. The average Bonchev–Trinajstić information content (AvgIpc) is 2.65. The Balaban J connectivity index is 2.59. The fraction of sp³-hybridized carbons (Fsp3) is 0.727. The molecule has 3 heteroatoms. The van der Waals surface area contributed by atoms with Crippen LogP contribution in [0.3, 0.4) is 0 Å². The molecule has 1 rings (SSSR count). The highest BCUT2D eigenvalue weighted by atomic mass is 16.4. The lowest BCUT2D eigenvalue weighted by atomic mass is 10.0. The van der Waals surface area contributed by atoms with Crippen LogP contribution in [0, 0.1) is 5.92 Å². The summed E-state index contributed by atoms with van der Waals surface area (Å²) in [7, 11) is 1.91. The predicted octanol–water partition coefficient (Wildman–Crippen LogP) is 2.54.